The fraction of sp³-hybridized carbons (Fsp3) is 0.105. The SMILES string of the molecule is O=C(NCc1ccccc1)c1ccc(NCc2ccccc2F)nn1. The van der Waals surface area contributed by atoms with Crippen LogP contribution in [0.5, 0.6) is 0 Å². The average molecular weight is 336 g/mol. The molecule has 25 heavy (non-hydrogen) atoms. The highest BCUT2D eigenvalue weighted by Gasteiger charge is 2.08. The molecule has 2 aromatic carbocycles. The predicted octanol–water partition coefficient (Wildman–Crippen LogP) is 3.16. The summed E-state index contributed by atoms with van der Waals surface area (Å²) in [4.78, 5) is 12.1. The number of carbonyl (C=O) groups excluding carboxylic acids is 1. The molecule has 3 aromatic rings. The Balaban J connectivity index is 1.54. The number of halogens is 1. The lowest BCUT2D eigenvalue weighted by Gasteiger charge is -2.07. The Morgan fingerprint density at radius 1 is 0.880 bits per heavy atom. The van der Waals surface area contributed by atoms with Crippen LogP contribution < -0.4 is 10.6 Å². The number of rotatable bonds is 6. The van der Waals surface area contributed by atoms with E-state index in [1.54, 1.807) is 30.3 Å². The Morgan fingerprint density at radius 2 is 1.64 bits per heavy atom. The van der Waals surface area contributed by atoms with Crippen molar-refractivity contribution in [3.63, 3.8) is 0 Å². The van der Waals surface area contributed by atoms with Gasteiger partial charge in [-0.1, -0.05) is 48.5 Å². The molecule has 0 atom stereocenters. The number of hydrogen-bond acceptors (Lipinski definition) is 4. The van der Waals surface area contributed by atoms with Gasteiger partial charge in [-0.25, -0.2) is 4.39 Å². The van der Waals surface area contributed by atoms with Crippen molar-refractivity contribution in [1.82, 2.24) is 15.5 Å². The highest BCUT2D eigenvalue weighted by atomic mass is 19.1. The van der Waals surface area contributed by atoms with Crippen LogP contribution in [0, 0.1) is 5.82 Å². The van der Waals surface area contributed by atoms with Crippen LogP contribution in [0.1, 0.15) is 21.6 Å². The van der Waals surface area contributed by atoms with Crippen molar-refractivity contribution < 1.29 is 9.18 Å². The maximum Gasteiger partial charge on any atom is 0.272 e. The Labute approximate surface area is 144 Å². The van der Waals surface area contributed by atoms with E-state index in [0.717, 1.165) is 5.56 Å². The van der Waals surface area contributed by atoms with Crippen LogP contribution in [0.15, 0.2) is 66.7 Å². The molecule has 1 aromatic heterocycles. The maximum atomic E-state index is 13.6. The molecule has 0 radical (unpaired) electrons. The fourth-order valence-electron chi connectivity index (χ4n) is 2.24. The second kappa shape index (κ2) is 8.01. The molecule has 2 N–H and O–H groups in total. The molecule has 0 fully saturated rings. The van der Waals surface area contributed by atoms with Gasteiger partial charge in [0.05, 0.1) is 0 Å². The summed E-state index contributed by atoms with van der Waals surface area (Å²) in [5.74, 6) is -0.0975. The van der Waals surface area contributed by atoms with Gasteiger partial charge in [-0.2, -0.15) is 0 Å². The highest BCUT2D eigenvalue weighted by molar-refractivity contribution is 5.92. The molecule has 5 nitrogen and oxygen atoms in total. The zero-order valence-electron chi connectivity index (χ0n) is 13.4. The van der Waals surface area contributed by atoms with Crippen molar-refractivity contribution in [1.29, 1.82) is 0 Å². The minimum atomic E-state index is -0.294. The summed E-state index contributed by atoms with van der Waals surface area (Å²) in [6.07, 6.45) is 0. The first kappa shape index (κ1) is 16.6. The number of amides is 1. The van der Waals surface area contributed by atoms with Crippen LogP contribution in [0.25, 0.3) is 0 Å². The van der Waals surface area contributed by atoms with E-state index in [-0.39, 0.29) is 17.4 Å². The number of anilines is 1. The maximum absolute atomic E-state index is 13.6. The molecule has 0 unspecified atom stereocenters. The molecular weight excluding hydrogens is 319 g/mol. The van der Waals surface area contributed by atoms with Crippen LogP contribution in [-0.4, -0.2) is 16.1 Å². The van der Waals surface area contributed by atoms with Crippen LogP contribution >= 0.6 is 0 Å². The molecule has 0 aliphatic rings. The van der Waals surface area contributed by atoms with E-state index in [1.165, 1.54) is 6.07 Å². The van der Waals surface area contributed by atoms with Crippen molar-refractivity contribution in [2.24, 2.45) is 0 Å². The van der Waals surface area contributed by atoms with Crippen LogP contribution in [0.4, 0.5) is 10.2 Å². The number of nitrogens with one attached hydrogen (secondary N) is 2. The van der Waals surface area contributed by atoms with E-state index < -0.39 is 0 Å². The average Bonchev–Trinajstić information content (AvgIpc) is 2.67. The third-order valence-electron chi connectivity index (χ3n) is 3.61. The van der Waals surface area contributed by atoms with Crippen molar-refractivity contribution in [3.8, 4) is 0 Å². The van der Waals surface area contributed by atoms with Gasteiger partial charge in [-0.05, 0) is 23.8 Å². The predicted molar refractivity (Wildman–Crippen MR) is 93.4 cm³/mol. The van der Waals surface area contributed by atoms with Crippen LogP contribution in [-0.2, 0) is 13.1 Å². The molecule has 0 bridgehead atoms. The zero-order chi connectivity index (χ0) is 17.5. The molecule has 1 amide bonds. The normalized spacial score (nSPS) is 10.3. The first-order valence-corrected chi connectivity index (χ1v) is 7.85. The van der Waals surface area contributed by atoms with Gasteiger partial charge in [0.2, 0.25) is 0 Å². The second-order valence-corrected chi connectivity index (χ2v) is 5.42. The zero-order valence-corrected chi connectivity index (χ0v) is 13.4. The van der Waals surface area contributed by atoms with Gasteiger partial charge in [-0.3, -0.25) is 4.79 Å². The van der Waals surface area contributed by atoms with Crippen molar-refractivity contribution in [2.75, 3.05) is 5.32 Å². The number of benzene rings is 2. The van der Waals surface area contributed by atoms with Gasteiger partial charge >= 0.3 is 0 Å². The monoisotopic (exact) mass is 336 g/mol. The van der Waals surface area contributed by atoms with Gasteiger partial charge < -0.3 is 10.6 Å². The van der Waals surface area contributed by atoms with Gasteiger partial charge in [0.15, 0.2) is 5.69 Å². The minimum Gasteiger partial charge on any atom is -0.364 e. The van der Waals surface area contributed by atoms with Gasteiger partial charge in [0.1, 0.15) is 11.6 Å². The van der Waals surface area contributed by atoms with E-state index in [4.69, 9.17) is 0 Å². The molecule has 1 heterocycles. The lowest BCUT2D eigenvalue weighted by Crippen LogP contribution is -2.24. The van der Waals surface area contributed by atoms with E-state index in [2.05, 4.69) is 20.8 Å². The van der Waals surface area contributed by atoms with Gasteiger partial charge in [0, 0.05) is 18.7 Å². The summed E-state index contributed by atoms with van der Waals surface area (Å²) in [5.41, 5.74) is 1.77. The molecule has 0 aliphatic carbocycles. The summed E-state index contributed by atoms with van der Waals surface area (Å²) in [5, 5.41) is 13.6. The summed E-state index contributed by atoms with van der Waals surface area (Å²) < 4.78 is 13.6. The molecule has 126 valence electrons. The van der Waals surface area contributed by atoms with E-state index in [9.17, 15) is 9.18 Å². The Kier molecular flexibility index (Phi) is 5.31. The molecule has 0 spiro atoms. The molecular formula is C19H17FN4O. The van der Waals surface area contributed by atoms with Gasteiger partial charge in [0.25, 0.3) is 5.91 Å². The lowest BCUT2D eigenvalue weighted by molar-refractivity contribution is 0.0945. The number of nitrogens with zero attached hydrogens (tertiary/aromatic N) is 2. The van der Waals surface area contributed by atoms with E-state index >= 15 is 0 Å². The molecule has 3 rings (SSSR count). The van der Waals surface area contributed by atoms with Crippen molar-refractivity contribution in [2.45, 2.75) is 13.1 Å². The third-order valence-corrected chi connectivity index (χ3v) is 3.61. The summed E-state index contributed by atoms with van der Waals surface area (Å²) >= 11 is 0. The Bertz CT molecular complexity index is 838. The standard InChI is InChI=1S/C19H17FN4O/c20-16-9-5-4-8-15(16)13-21-18-11-10-17(23-24-18)19(25)22-12-14-6-2-1-3-7-14/h1-11H,12-13H2,(H,21,24)(H,22,25). The third kappa shape index (κ3) is 4.60. The largest absolute Gasteiger partial charge is 0.364 e. The fourth-order valence-corrected chi connectivity index (χ4v) is 2.24. The highest BCUT2D eigenvalue weighted by Crippen LogP contribution is 2.09. The first-order valence-electron chi connectivity index (χ1n) is 7.85. The molecule has 0 aliphatic heterocycles. The lowest BCUT2D eigenvalue weighted by atomic mass is 10.2. The van der Waals surface area contributed by atoms with Gasteiger partial charge in [-0.15, -0.1) is 10.2 Å². The molecule has 0 saturated heterocycles. The quantitative estimate of drug-likeness (QED) is 0.726. The summed E-state index contributed by atoms with van der Waals surface area (Å²) in [6, 6.07) is 19.3. The molecule has 0 saturated carbocycles. The topological polar surface area (TPSA) is 66.9 Å². The Hall–Kier alpha value is -3.28. The summed E-state index contributed by atoms with van der Waals surface area (Å²) in [6.45, 7) is 0.718. The molecule has 6 heteroatoms. The first-order chi connectivity index (χ1) is 12.2. The van der Waals surface area contributed by atoms with Crippen molar-refractivity contribution in [3.05, 3.63) is 89.4 Å². The van der Waals surface area contributed by atoms with E-state index in [0.29, 0.717) is 24.5 Å². The number of hydrogen-bond donors (Lipinski definition) is 2. The Morgan fingerprint density at radius 3 is 2.36 bits per heavy atom. The van der Waals surface area contributed by atoms with Crippen molar-refractivity contribution >= 4 is 11.7 Å². The van der Waals surface area contributed by atoms with E-state index in [1.807, 2.05) is 30.3 Å². The van der Waals surface area contributed by atoms with Crippen LogP contribution in [0.3, 0.4) is 0 Å². The number of aromatic nitrogens is 2. The van der Waals surface area contributed by atoms with Crippen LogP contribution in [0.2, 0.25) is 0 Å². The number of carbonyl (C=O) groups is 1. The summed E-state index contributed by atoms with van der Waals surface area (Å²) in [7, 11) is 0. The minimum absolute atomic E-state index is 0.229. The smallest absolute Gasteiger partial charge is 0.272 e. The second-order valence-electron chi connectivity index (χ2n) is 5.42.